The minimum Gasteiger partial charge on any atom is -0.375 e. The molecule has 1 unspecified atom stereocenters. The average molecular weight is 398 g/mol. The molecule has 2 fully saturated rings. The van der Waals surface area contributed by atoms with Gasteiger partial charge < -0.3 is 19.1 Å². The van der Waals surface area contributed by atoms with Crippen molar-refractivity contribution in [1.29, 1.82) is 0 Å². The van der Waals surface area contributed by atoms with Crippen LogP contribution in [0.15, 0.2) is 28.8 Å². The highest BCUT2D eigenvalue weighted by molar-refractivity contribution is 5.81. The van der Waals surface area contributed by atoms with E-state index in [2.05, 4.69) is 10.1 Å². The number of nitrogens with zero attached hydrogens (tertiary/aromatic N) is 4. The van der Waals surface area contributed by atoms with Gasteiger partial charge in [0.15, 0.2) is 5.82 Å². The Morgan fingerprint density at radius 3 is 2.55 bits per heavy atom. The van der Waals surface area contributed by atoms with Crippen LogP contribution in [0.5, 0.6) is 0 Å². The van der Waals surface area contributed by atoms with Gasteiger partial charge in [-0.15, -0.1) is 0 Å². The summed E-state index contributed by atoms with van der Waals surface area (Å²) < 4.78 is 10.5. The molecule has 29 heavy (non-hydrogen) atoms. The van der Waals surface area contributed by atoms with E-state index < -0.39 is 0 Å². The van der Waals surface area contributed by atoms with Crippen molar-refractivity contribution in [3.8, 4) is 0 Å². The minimum absolute atomic E-state index is 0.0432. The molecular weight excluding hydrogens is 372 g/mol. The highest BCUT2D eigenvalue weighted by atomic mass is 16.5. The van der Waals surface area contributed by atoms with Gasteiger partial charge in [0.25, 0.3) is 0 Å². The maximum absolute atomic E-state index is 12.8. The standard InChI is InChI=1S/C21H26N4O4/c1-14-6-4-5-7-16(14)8-18(26)25-12-21(13-25)11-24(19(27)10-28-3)9-17(21)20-22-15(2)23-29-20/h4-7,17H,8-13H2,1-3H3. The summed E-state index contributed by atoms with van der Waals surface area (Å²) in [5.41, 5.74) is 1.92. The van der Waals surface area contributed by atoms with Gasteiger partial charge in [-0.25, -0.2) is 0 Å². The first-order chi connectivity index (χ1) is 13.9. The van der Waals surface area contributed by atoms with Crippen LogP contribution in [0.25, 0.3) is 0 Å². The summed E-state index contributed by atoms with van der Waals surface area (Å²) in [7, 11) is 1.51. The molecule has 8 heteroatoms. The van der Waals surface area contributed by atoms with Crippen LogP contribution in [0.3, 0.4) is 0 Å². The van der Waals surface area contributed by atoms with Gasteiger partial charge in [-0.3, -0.25) is 9.59 Å². The normalized spacial score (nSPS) is 20.2. The quantitative estimate of drug-likeness (QED) is 0.755. The topological polar surface area (TPSA) is 88.8 Å². The summed E-state index contributed by atoms with van der Waals surface area (Å²) in [5, 5.41) is 3.92. The van der Waals surface area contributed by atoms with Gasteiger partial charge >= 0.3 is 0 Å². The third-order valence-electron chi connectivity index (χ3n) is 6.08. The fraction of sp³-hybridized carbons (Fsp3) is 0.524. The van der Waals surface area contributed by atoms with Crippen LogP contribution in [-0.4, -0.2) is 71.7 Å². The number of ether oxygens (including phenoxy) is 1. The van der Waals surface area contributed by atoms with E-state index in [-0.39, 0.29) is 29.8 Å². The Hall–Kier alpha value is -2.74. The van der Waals surface area contributed by atoms with Crippen LogP contribution >= 0.6 is 0 Å². The molecule has 3 heterocycles. The predicted octanol–water partition coefficient (Wildman–Crippen LogP) is 1.33. The molecular formula is C21H26N4O4. The van der Waals surface area contributed by atoms with E-state index in [4.69, 9.17) is 9.26 Å². The summed E-state index contributed by atoms with van der Waals surface area (Å²) in [6, 6.07) is 7.94. The Bertz CT molecular complexity index is 919. The lowest BCUT2D eigenvalue weighted by molar-refractivity contribution is -0.144. The van der Waals surface area contributed by atoms with Gasteiger partial charge in [0, 0.05) is 38.7 Å². The van der Waals surface area contributed by atoms with Crippen molar-refractivity contribution in [3.63, 3.8) is 0 Å². The molecule has 1 aromatic carbocycles. The fourth-order valence-electron chi connectivity index (χ4n) is 4.46. The van der Waals surface area contributed by atoms with Crippen LogP contribution in [0.1, 0.15) is 28.8 Å². The van der Waals surface area contributed by atoms with Gasteiger partial charge in [0.05, 0.1) is 12.3 Å². The fourth-order valence-corrected chi connectivity index (χ4v) is 4.46. The summed E-state index contributed by atoms with van der Waals surface area (Å²) in [6.45, 7) is 6.08. The molecule has 0 bridgehead atoms. The monoisotopic (exact) mass is 398 g/mol. The third-order valence-corrected chi connectivity index (χ3v) is 6.08. The second kappa shape index (κ2) is 7.59. The molecule has 2 amide bonds. The number of hydrogen-bond acceptors (Lipinski definition) is 6. The lowest BCUT2D eigenvalue weighted by Crippen LogP contribution is -2.62. The SMILES string of the molecule is COCC(=O)N1CC(c2nc(C)no2)C2(C1)CN(C(=O)Cc1ccccc1C)C2. The van der Waals surface area contributed by atoms with Crippen molar-refractivity contribution in [2.45, 2.75) is 26.2 Å². The van der Waals surface area contributed by atoms with E-state index in [1.54, 1.807) is 11.8 Å². The van der Waals surface area contributed by atoms with Gasteiger partial charge in [-0.2, -0.15) is 4.98 Å². The van der Waals surface area contributed by atoms with Crippen LogP contribution in [0, 0.1) is 19.3 Å². The predicted molar refractivity (Wildman–Crippen MR) is 104 cm³/mol. The number of carbonyl (C=O) groups excluding carboxylic acids is 2. The molecule has 1 spiro atoms. The molecule has 0 saturated carbocycles. The molecule has 2 aliphatic rings. The lowest BCUT2D eigenvalue weighted by Gasteiger charge is -2.50. The molecule has 0 radical (unpaired) electrons. The number of rotatable bonds is 5. The maximum Gasteiger partial charge on any atom is 0.248 e. The first-order valence-corrected chi connectivity index (χ1v) is 9.81. The summed E-state index contributed by atoms with van der Waals surface area (Å²) in [5.74, 6) is 1.08. The molecule has 8 nitrogen and oxygen atoms in total. The molecule has 0 N–H and O–H groups in total. The molecule has 2 saturated heterocycles. The van der Waals surface area contributed by atoms with Gasteiger partial charge in [-0.1, -0.05) is 29.4 Å². The summed E-state index contributed by atoms with van der Waals surface area (Å²) in [4.78, 5) is 33.3. The van der Waals surface area contributed by atoms with Crippen molar-refractivity contribution < 1.29 is 18.8 Å². The first-order valence-electron chi connectivity index (χ1n) is 9.81. The smallest absolute Gasteiger partial charge is 0.248 e. The van der Waals surface area contributed by atoms with E-state index >= 15 is 0 Å². The lowest BCUT2D eigenvalue weighted by atomic mass is 9.71. The zero-order chi connectivity index (χ0) is 20.6. The van der Waals surface area contributed by atoms with Crippen LogP contribution in [0.2, 0.25) is 0 Å². The maximum atomic E-state index is 12.8. The third kappa shape index (κ3) is 3.64. The largest absolute Gasteiger partial charge is 0.375 e. The van der Waals surface area contributed by atoms with E-state index in [0.29, 0.717) is 44.3 Å². The first kappa shape index (κ1) is 19.6. The molecule has 0 aliphatic carbocycles. The van der Waals surface area contributed by atoms with Crippen LogP contribution in [-0.2, 0) is 20.7 Å². The molecule has 1 aromatic heterocycles. The molecule has 154 valence electrons. The van der Waals surface area contributed by atoms with E-state index in [1.165, 1.54) is 7.11 Å². The molecule has 2 aliphatic heterocycles. The number of carbonyl (C=O) groups is 2. The Kier molecular flexibility index (Phi) is 5.12. The molecule has 4 rings (SSSR count). The number of aryl methyl sites for hydroxylation is 2. The highest BCUT2D eigenvalue weighted by Gasteiger charge is 2.58. The van der Waals surface area contributed by atoms with Gasteiger partial charge in [-0.05, 0) is 25.0 Å². The van der Waals surface area contributed by atoms with Crippen molar-refractivity contribution in [1.82, 2.24) is 19.9 Å². The van der Waals surface area contributed by atoms with Crippen molar-refractivity contribution in [2.24, 2.45) is 5.41 Å². The second-order valence-electron chi connectivity index (χ2n) is 8.16. The van der Waals surface area contributed by atoms with Crippen molar-refractivity contribution in [3.05, 3.63) is 47.1 Å². The van der Waals surface area contributed by atoms with Gasteiger partial charge in [0.2, 0.25) is 17.7 Å². The van der Waals surface area contributed by atoms with Crippen LogP contribution in [0.4, 0.5) is 0 Å². The van der Waals surface area contributed by atoms with E-state index in [0.717, 1.165) is 11.1 Å². The minimum atomic E-state index is -0.246. The van der Waals surface area contributed by atoms with Crippen LogP contribution < -0.4 is 0 Å². The Morgan fingerprint density at radius 2 is 1.90 bits per heavy atom. The second-order valence-corrected chi connectivity index (χ2v) is 8.16. The number of amides is 2. The molecule has 2 aromatic rings. The number of methoxy groups -OCH3 is 1. The Morgan fingerprint density at radius 1 is 1.17 bits per heavy atom. The highest BCUT2D eigenvalue weighted by Crippen LogP contribution is 2.48. The Balaban J connectivity index is 1.49. The number of likely N-dealkylation sites (tertiary alicyclic amines) is 2. The van der Waals surface area contributed by atoms with E-state index in [1.807, 2.05) is 36.1 Å². The van der Waals surface area contributed by atoms with Crippen molar-refractivity contribution >= 4 is 11.8 Å². The van der Waals surface area contributed by atoms with Gasteiger partial charge in [0.1, 0.15) is 6.61 Å². The molecule has 1 atom stereocenters. The number of benzene rings is 1. The summed E-state index contributed by atoms with van der Waals surface area (Å²) >= 11 is 0. The zero-order valence-electron chi connectivity index (χ0n) is 17.1. The zero-order valence-corrected chi connectivity index (χ0v) is 17.1. The van der Waals surface area contributed by atoms with Crippen molar-refractivity contribution in [2.75, 3.05) is 39.9 Å². The average Bonchev–Trinajstić information content (AvgIpc) is 3.26. The van der Waals surface area contributed by atoms with E-state index in [9.17, 15) is 9.59 Å². The summed E-state index contributed by atoms with van der Waals surface area (Å²) in [6.07, 6.45) is 0.388. The number of aromatic nitrogens is 2. The number of hydrogen-bond donors (Lipinski definition) is 0. The Labute approximate surface area is 169 Å².